The highest BCUT2D eigenvalue weighted by Crippen LogP contribution is 2.28. The predicted octanol–water partition coefficient (Wildman–Crippen LogP) is 3.44. The van der Waals surface area contributed by atoms with Crippen molar-refractivity contribution >= 4 is 6.29 Å². The van der Waals surface area contributed by atoms with Crippen LogP contribution in [0.1, 0.15) is 35.7 Å². The lowest BCUT2D eigenvalue weighted by Gasteiger charge is -2.11. The van der Waals surface area contributed by atoms with Crippen LogP contribution < -0.4 is 14.2 Å². The number of nitrogens with zero attached hydrogens (tertiary/aromatic N) is 2. The Balaban J connectivity index is 2.34. The van der Waals surface area contributed by atoms with Crippen molar-refractivity contribution < 1.29 is 19.0 Å². The second-order valence-electron chi connectivity index (χ2n) is 4.89. The van der Waals surface area contributed by atoms with Crippen molar-refractivity contribution in [1.29, 1.82) is 0 Å². The molecule has 0 aliphatic heterocycles. The number of ether oxygens (including phenoxy) is 3. The van der Waals surface area contributed by atoms with Gasteiger partial charge in [0, 0.05) is 0 Å². The van der Waals surface area contributed by atoms with Crippen molar-refractivity contribution in [3.8, 4) is 23.5 Å². The minimum Gasteiger partial charge on any atom is -0.481 e. The number of carbonyl (C=O) groups excluding carboxylic acids is 1. The monoisotopic (exact) mass is 316 g/mol. The minimum atomic E-state index is 0.0666. The van der Waals surface area contributed by atoms with Crippen molar-refractivity contribution in [3.05, 3.63) is 35.4 Å². The molecule has 2 aromatic rings. The highest BCUT2D eigenvalue weighted by molar-refractivity contribution is 5.81. The highest BCUT2D eigenvalue weighted by atomic mass is 16.5. The maximum Gasteiger partial charge on any atom is 0.328 e. The second kappa shape index (κ2) is 8.12. The van der Waals surface area contributed by atoms with Crippen molar-refractivity contribution in [3.63, 3.8) is 0 Å². The third kappa shape index (κ3) is 4.18. The molecule has 2 rings (SSSR count). The van der Waals surface area contributed by atoms with Crippen LogP contribution >= 0.6 is 0 Å². The quantitative estimate of drug-likeness (QED) is 0.695. The standard InChI is InChI=1S/C17H20N2O4/c1-4-5-7-12-8-6-9-14(13(12)11-20)23-17-18-15(21-2)10-16(19-17)22-3/h6,8-11H,4-5,7H2,1-3H3. The van der Waals surface area contributed by atoms with E-state index in [2.05, 4.69) is 16.9 Å². The first-order chi connectivity index (χ1) is 11.2. The Labute approximate surface area is 135 Å². The molecule has 6 nitrogen and oxygen atoms in total. The predicted molar refractivity (Wildman–Crippen MR) is 85.7 cm³/mol. The Kier molecular flexibility index (Phi) is 5.91. The third-order valence-electron chi connectivity index (χ3n) is 3.35. The maximum atomic E-state index is 11.5. The summed E-state index contributed by atoms with van der Waals surface area (Å²) in [4.78, 5) is 19.7. The molecule has 1 heterocycles. The molecule has 1 aromatic heterocycles. The molecule has 122 valence electrons. The molecule has 0 aliphatic rings. The van der Waals surface area contributed by atoms with Crippen LogP contribution in [0.4, 0.5) is 0 Å². The molecule has 6 heteroatoms. The normalized spacial score (nSPS) is 10.2. The molecule has 0 bridgehead atoms. The molecule has 0 fully saturated rings. The first-order valence-corrected chi connectivity index (χ1v) is 7.43. The molecule has 0 amide bonds. The van der Waals surface area contributed by atoms with Gasteiger partial charge in [-0.25, -0.2) is 0 Å². The van der Waals surface area contributed by atoms with E-state index in [4.69, 9.17) is 14.2 Å². The van der Waals surface area contributed by atoms with E-state index in [1.807, 2.05) is 12.1 Å². The summed E-state index contributed by atoms with van der Waals surface area (Å²) in [6.07, 6.45) is 3.69. The van der Waals surface area contributed by atoms with Crippen molar-refractivity contribution in [2.24, 2.45) is 0 Å². The summed E-state index contributed by atoms with van der Waals surface area (Å²) in [5.74, 6) is 1.06. The zero-order chi connectivity index (χ0) is 16.7. The molecule has 0 radical (unpaired) electrons. The average molecular weight is 316 g/mol. The Bertz CT molecular complexity index is 651. The van der Waals surface area contributed by atoms with Gasteiger partial charge in [0.05, 0.1) is 25.8 Å². The molecule has 0 N–H and O–H groups in total. The molecule has 0 unspecified atom stereocenters. The largest absolute Gasteiger partial charge is 0.481 e. The van der Waals surface area contributed by atoms with E-state index in [0.29, 0.717) is 23.1 Å². The van der Waals surface area contributed by atoms with Crippen LogP contribution in [0.3, 0.4) is 0 Å². The van der Waals surface area contributed by atoms with E-state index in [1.54, 1.807) is 12.1 Å². The SMILES string of the molecule is CCCCc1cccc(Oc2nc(OC)cc(OC)n2)c1C=O. The van der Waals surface area contributed by atoms with Crippen LogP contribution in [0.2, 0.25) is 0 Å². The summed E-state index contributed by atoms with van der Waals surface area (Å²) in [6.45, 7) is 2.11. The number of unbranched alkanes of at least 4 members (excludes halogenated alkanes) is 1. The van der Waals surface area contributed by atoms with Gasteiger partial charge in [-0.05, 0) is 24.5 Å². The van der Waals surface area contributed by atoms with Gasteiger partial charge in [0.15, 0.2) is 6.29 Å². The van der Waals surface area contributed by atoms with Crippen molar-refractivity contribution in [1.82, 2.24) is 9.97 Å². The fourth-order valence-electron chi connectivity index (χ4n) is 2.13. The maximum absolute atomic E-state index is 11.5. The zero-order valence-electron chi connectivity index (χ0n) is 13.5. The van der Waals surface area contributed by atoms with E-state index in [9.17, 15) is 4.79 Å². The van der Waals surface area contributed by atoms with Crippen molar-refractivity contribution in [2.75, 3.05) is 14.2 Å². The topological polar surface area (TPSA) is 70.5 Å². The lowest BCUT2D eigenvalue weighted by atomic mass is 10.0. The van der Waals surface area contributed by atoms with Gasteiger partial charge in [0.2, 0.25) is 11.8 Å². The number of hydrogen-bond acceptors (Lipinski definition) is 6. The molecule has 0 spiro atoms. The fraction of sp³-hybridized carbons (Fsp3) is 0.353. The van der Waals surface area contributed by atoms with E-state index in [-0.39, 0.29) is 6.01 Å². The number of aryl methyl sites for hydroxylation is 1. The van der Waals surface area contributed by atoms with Crippen LogP contribution in [0, 0.1) is 0 Å². The van der Waals surface area contributed by atoms with Crippen LogP contribution in [0.5, 0.6) is 23.5 Å². The summed E-state index contributed by atoms with van der Waals surface area (Å²) in [7, 11) is 2.99. The average Bonchev–Trinajstić information content (AvgIpc) is 2.59. The Morgan fingerprint density at radius 2 is 1.83 bits per heavy atom. The van der Waals surface area contributed by atoms with Gasteiger partial charge in [-0.3, -0.25) is 4.79 Å². The number of methoxy groups -OCH3 is 2. The molecule has 0 atom stereocenters. The van der Waals surface area contributed by atoms with E-state index in [1.165, 1.54) is 14.2 Å². The van der Waals surface area contributed by atoms with Gasteiger partial charge in [-0.15, -0.1) is 0 Å². The molecule has 0 aliphatic carbocycles. The summed E-state index contributed by atoms with van der Waals surface area (Å²) < 4.78 is 15.9. The number of rotatable bonds is 8. The smallest absolute Gasteiger partial charge is 0.328 e. The molecular weight excluding hydrogens is 296 g/mol. The number of hydrogen-bond donors (Lipinski definition) is 0. The van der Waals surface area contributed by atoms with Gasteiger partial charge in [0.1, 0.15) is 5.75 Å². The van der Waals surface area contributed by atoms with Crippen LogP contribution in [-0.4, -0.2) is 30.5 Å². The van der Waals surface area contributed by atoms with Crippen molar-refractivity contribution in [2.45, 2.75) is 26.2 Å². The lowest BCUT2D eigenvalue weighted by Crippen LogP contribution is -2.01. The number of aromatic nitrogens is 2. The first-order valence-electron chi connectivity index (χ1n) is 7.43. The number of aldehydes is 1. The van der Waals surface area contributed by atoms with Gasteiger partial charge in [-0.2, -0.15) is 9.97 Å². The molecule has 0 saturated carbocycles. The van der Waals surface area contributed by atoms with Gasteiger partial charge in [0.25, 0.3) is 0 Å². The third-order valence-corrected chi connectivity index (χ3v) is 3.35. The first kappa shape index (κ1) is 16.7. The van der Waals surface area contributed by atoms with Crippen LogP contribution in [-0.2, 0) is 6.42 Å². The van der Waals surface area contributed by atoms with E-state index >= 15 is 0 Å². The Morgan fingerprint density at radius 1 is 1.13 bits per heavy atom. The van der Waals surface area contributed by atoms with Crippen LogP contribution in [0.25, 0.3) is 0 Å². The Hall–Kier alpha value is -2.63. The van der Waals surface area contributed by atoms with Gasteiger partial charge in [-0.1, -0.05) is 25.5 Å². The summed E-state index contributed by atoms with van der Waals surface area (Å²) >= 11 is 0. The second-order valence-corrected chi connectivity index (χ2v) is 4.89. The number of benzene rings is 1. The van der Waals surface area contributed by atoms with E-state index < -0.39 is 0 Å². The molecular formula is C17H20N2O4. The Morgan fingerprint density at radius 3 is 2.39 bits per heavy atom. The molecule has 0 saturated heterocycles. The zero-order valence-corrected chi connectivity index (χ0v) is 13.5. The van der Waals surface area contributed by atoms with E-state index in [0.717, 1.165) is 31.1 Å². The molecule has 23 heavy (non-hydrogen) atoms. The lowest BCUT2D eigenvalue weighted by molar-refractivity contribution is 0.112. The highest BCUT2D eigenvalue weighted by Gasteiger charge is 2.13. The summed E-state index contributed by atoms with van der Waals surface area (Å²) in [6, 6.07) is 7.11. The van der Waals surface area contributed by atoms with Gasteiger partial charge < -0.3 is 14.2 Å². The van der Waals surface area contributed by atoms with Gasteiger partial charge >= 0.3 is 6.01 Å². The number of carbonyl (C=O) groups is 1. The minimum absolute atomic E-state index is 0.0666. The fourth-order valence-corrected chi connectivity index (χ4v) is 2.13. The summed E-state index contributed by atoms with van der Waals surface area (Å²) in [5, 5.41) is 0. The summed E-state index contributed by atoms with van der Waals surface area (Å²) in [5.41, 5.74) is 1.47. The molecule has 1 aromatic carbocycles. The van der Waals surface area contributed by atoms with Crippen LogP contribution in [0.15, 0.2) is 24.3 Å².